The lowest BCUT2D eigenvalue weighted by atomic mass is 10.0. The van der Waals surface area contributed by atoms with Crippen molar-refractivity contribution >= 4 is 86.9 Å². The number of halogens is 2. The number of benzene rings is 4. The standard InChI is InChI=1S/C50H49Cl2N11O9.C5H11N/c1-29(28-72-43-23-42(63(69)70)37(52)22-38(43)56-49(68)55-24-30-12-13-34-32(21-30)25-62(48(34)67)41(11-6-20-64)46(65)54-2)47(66)61-19-18-60(26-33(61)14-16-53)45-35-15-17-59(27-39(35)57-50(58-45)71-3)40-10-5-8-31-7-4-9-36(51)44(31)40;1-6-4-2-3-5-6/h4-5,7-10,12-13,20-23,33,41H,1,6,11,14-15,17-19,24-28H2,2-3H3,(H,54,65)(H2,55,56,68);2-5H2,1H3. The number of anilines is 3. The van der Waals surface area contributed by atoms with Crippen LogP contribution in [0.15, 0.2) is 78.9 Å². The quantitative estimate of drug-likeness (QED) is 0.0365. The molecule has 21 nitrogen and oxygen atoms in total. The minimum Gasteiger partial charge on any atom is -0.486 e. The average molecular weight is 1100 g/mol. The number of carbonyl (C=O) groups is 5. The zero-order chi connectivity index (χ0) is 55.6. The Kier molecular flexibility index (Phi) is 18.3. The molecule has 2 fully saturated rings. The second-order valence-electron chi connectivity index (χ2n) is 19.3. The molecule has 4 aromatic carbocycles. The Hall–Kier alpha value is -8.06. The number of carbonyl (C=O) groups excluding carboxylic acids is 5. The van der Waals surface area contributed by atoms with Gasteiger partial charge in [0, 0.05) is 80.5 Å². The number of ether oxygens (including phenoxy) is 2. The highest BCUT2D eigenvalue weighted by atomic mass is 35.5. The van der Waals surface area contributed by atoms with Crippen molar-refractivity contribution in [3.05, 3.63) is 127 Å². The maximum absolute atomic E-state index is 14.1. The molecule has 78 heavy (non-hydrogen) atoms. The molecule has 9 rings (SSSR count). The van der Waals surface area contributed by atoms with Crippen LogP contribution >= 0.6 is 23.2 Å². The molecule has 0 spiro atoms. The van der Waals surface area contributed by atoms with Crippen LogP contribution in [-0.2, 0) is 40.4 Å². The van der Waals surface area contributed by atoms with E-state index in [2.05, 4.69) is 45.4 Å². The summed E-state index contributed by atoms with van der Waals surface area (Å²) in [5.41, 5.74) is 3.79. The van der Waals surface area contributed by atoms with E-state index < -0.39 is 47.1 Å². The number of aromatic nitrogens is 2. The first-order valence-corrected chi connectivity index (χ1v) is 26.3. The number of nitrogens with zero attached hydrogens (tertiary/aromatic N) is 9. The molecule has 5 heterocycles. The summed E-state index contributed by atoms with van der Waals surface area (Å²) in [5.74, 6) is -0.752. The van der Waals surface area contributed by atoms with Crippen LogP contribution in [-0.4, -0.2) is 139 Å². The smallest absolute Gasteiger partial charge is 0.319 e. The van der Waals surface area contributed by atoms with Crippen molar-refractivity contribution in [3.8, 4) is 17.8 Å². The molecule has 2 atom stereocenters. The molecule has 0 saturated carbocycles. The molecule has 5 aromatic rings. The summed E-state index contributed by atoms with van der Waals surface area (Å²) in [6.45, 7) is 8.23. The largest absolute Gasteiger partial charge is 0.486 e. The van der Waals surface area contributed by atoms with Crippen molar-refractivity contribution in [1.82, 2.24) is 35.3 Å². The molecule has 4 aliphatic heterocycles. The van der Waals surface area contributed by atoms with Gasteiger partial charge in [0.15, 0.2) is 0 Å². The summed E-state index contributed by atoms with van der Waals surface area (Å²) in [7, 11) is 5.13. The molecule has 0 radical (unpaired) electrons. The summed E-state index contributed by atoms with van der Waals surface area (Å²) in [5, 5.41) is 32.1. The fourth-order valence-electron chi connectivity index (χ4n) is 10.2. The normalized spacial score (nSPS) is 16.3. The predicted molar refractivity (Wildman–Crippen MR) is 295 cm³/mol. The molecule has 4 aliphatic rings. The van der Waals surface area contributed by atoms with E-state index in [4.69, 9.17) is 42.6 Å². The molecule has 0 bridgehead atoms. The first-order valence-electron chi connectivity index (χ1n) is 25.5. The maximum Gasteiger partial charge on any atom is 0.319 e. The van der Waals surface area contributed by atoms with Crippen LogP contribution in [0.1, 0.15) is 64.8 Å². The van der Waals surface area contributed by atoms with Gasteiger partial charge < -0.3 is 54.7 Å². The van der Waals surface area contributed by atoms with Gasteiger partial charge in [0.1, 0.15) is 35.5 Å². The van der Waals surface area contributed by atoms with Crippen LogP contribution in [0, 0.1) is 21.4 Å². The van der Waals surface area contributed by atoms with Crippen molar-refractivity contribution < 1.29 is 38.4 Å². The van der Waals surface area contributed by atoms with Gasteiger partial charge in [-0.3, -0.25) is 24.5 Å². The van der Waals surface area contributed by atoms with Crippen LogP contribution in [0.3, 0.4) is 0 Å². The van der Waals surface area contributed by atoms with Crippen LogP contribution in [0.4, 0.5) is 27.7 Å². The van der Waals surface area contributed by atoms with Crippen LogP contribution in [0.5, 0.6) is 11.8 Å². The molecular weight excluding hydrogens is 1040 g/mol. The first-order chi connectivity index (χ1) is 37.6. The molecule has 2 unspecified atom stereocenters. The number of fused-ring (bicyclic) bond motifs is 3. The number of nitro benzene ring substituents is 1. The second kappa shape index (κ2) is 25.4. The van der Waals surface area contributed by atoms with E-state index >= 15 is 0 Å². The third-order valence-corrected chi connectivity index (χ3v) is 14.8. The number of hydrogen-bond acceptors (Lipinski definition) is 15. The van der Waals surface area contributed by atoms with E-state index in [1.807, 2.05) is 41.3 Å². The van der Waals surface area contributed by atoms with E-state index in [1.54, 1.807) is 23.1 Å². The van der Waals surface area contributed by atoms with Crippen LogP contribution in [0.25, 0.3) is 10.8 Å². The van der Waals surface area contributed by atoms with Crippen LogP contribution < -0.4 is 35.2 Å². The van der Waals surface area contributed by atoms with E-state index in [0.717, 1.165) is 39.8 Å². The number of rotatable bonds is 17. The van der Waals surface area contributed by atoms with Gasteiger partial charge in [-0.15, -0.1) is 0 Å². The number of piperazine rings is 1. The Morgan fingerprint density at radius 3 is 2.46 bits per heavy atom. The zero-order valence-corrected chi connectivity index (χ0v) is 45.1. The Labute approximate surface area is 461 Å². The Morgan fingerprint density at radius 2 is 1.77 bits per heavy atom. The Morgan fingerprint density at radius 1 is 1.00 bits per heavy atom. The lowest BCUT2D eigenvalue weighted by Crippen LogP contribution is -2.56. The van der Waals surface area contributed by atoms with Crippen molar-refractivity contribution in [2.45, 2.75) is 70.2 Å². The third kappa shape index (κ3) is 12.7. The number of amides is 5. The van der Waals surface area contributed by atoms with Crippen molar-refractivity contribution in [1.29, 1.82) is 5.26 Å². The highest BCUT2D eigenvalue weighted by molar-refractivity contribution is 6.36. The first kappa shape index (κ1) is 56.2. The maximum atomic E-state index is 14.1. The second-order valence-corrected chi connectivity index (χ2v) is 20.1. The molecule has 3 N–H and O–H groups in total. The number of likely N-dealkylation sites (tertiary alicyclic amines) is 1. The fraction of sp³-hybridized carbons (Fsp3) is 0.382. The predicted octanol–water partition coefficient (Wildman–Crippen LogP) is 7.07. The Balaban J connectivity index is 0.00000125. The average Bonchev–Trinajstić information content (AvgIpc) is 4.10. The molecule has 23 heteroatoms. The van der Waals surface area contributed by atoms with Gasteiger partial charge in [0.2, 0.25) is 5.91 Å². The van der Waals surface area contributed by atoms with Gasteiger partial charge in [-0.05, 0) is 86.6 Å². The van der Waals surface area contributed by atoms with Gasteiger partial charge in [0.05, 0.1) is 59.6 Å². The van der Waals surface area contributed by atoms with Gasteiger partial charge >= 0.3 is 12.0 Å². The van der Waals surface area contributed by atoms with Gasteiger partial charge in [0.25, 0.3) is 17.5 Å². The molecule has 2 saturated heterocycles. The molecule has 1 aromatic heterocycles. The number of urea groups is 1. The lowest BCUT2D eigenvalue weighted by molar-refractivity contribution is -0.384. The van der Waals surface area contributed by atoms with Crippen molar-refractivity contribution in [2.24, 2.45) is 0 Å². The summed E-state index contributed by atoms with van der Waals surface area (Å²) in [6.07, 6.45) is 4.38. The number of nitriles is 1. The molecule has 5 amide bonds. The minimum absolute atomic E-state index is 0.00832. The highest BCUT2D eigenvalue weighted by Crippen LogP contribution is 2.39. The van der Waals surface area contributed by atoms with Crippen molar-refractivity contribution in [3.63, 3.8) is 0 Å². The molecular formula is C55H60Cl2N12O9. The summed E-state index contributed by atoms with van der Waals surface area (Å²) in [4.78, 5) is 94.6. The van der Waals surface area contributed by atoms with Gasteiger partial charge in [-0.1, -0.05) is 66.2 Å². The highest BCUT2D eigenvalue weighted by Gasteiger charge is 2.37. The van der Waals surface area contributed by atoms with Crippen LogP contribution in [0.2, 0.25) is 10.0 Å². The minimum atomic E-state index is -0.839. The van der Waals surface area contributed by atoms with Crippen molar-refractivity contribution in [2.75, 3.05) is 82.2 Å². The van der Waals surface area contributed by atoms with Gasteiger partial charge in [-0.25, -0.2) is 4.79 Å². The number of likely N-dealkylation sites (N-methyl/N-ethyl adjacent to an activating group) is 1. The monoisotopic (exact) mass is 1100 g/mol. The number of methoxy groups -OCH3 is 1. The number of hydrogen-bond donors (Lipinski definition) is 3. The summed E-state index contributed by atoms with van der Waals surface area (Å²) < 4.78 is 11.5. The molecule has 0 aliphatic carbocycles. The fourth-order valence-corrected chi connectivity index (χ4v) is 10.7. The zero-order valence-electron chi connectivity index (χ0n) is 43.6. The number of nitro groups is 1. The number of nitrogens with one attached hydrogen (secondary N) is 3. The molecule has 408 valence electrons. The summed E-state index contributed by atoms with van der Waals surface area (Å²) in [6, 6.07) is 19.3. The SMILES string of the molecule is C=C(COc1cc([N+](=O)[O-])c(Cl)cc1NC(=O)NCc1ccc2c(c1)CN(C(CCC=O)C(=O)NC)C2=O)C(=O)N1CCN(c2nc(OC)nc3c2CCN(c2cccc4cccc(Cl)c24)C3)CC1CC#N.CN1CCCC1. The van der Waals surface area contributed by atoms with E-state index in [9.17, 15) is 39.3 Å². The Bertz CT molecular complexity index is 3180. The third-order valence-electron chi connectivity index (χ3n) is 14.2. The summed E-state index contributed by atoms with van der Waals surface area (Å²) >= 11 is 13.0. The van der Waals surface area contributed by atoms with E-state index in [0.29, 0.717) is 59.9 Å². The lowest BCUT2D eigenvalue weighted by Gasteiger charge is -2.42. The van der Waals surface area contributed by atoms with E-state index in [-0.39, 0.29) is 79.4 Å². The topological polar surface area (TPSA) is 249 Å². The number of aldehydes is 1. The van der Waals surface area contributed by atoms with E-state index in [1.165, 1.54) is 45.0 Å². The van der Waals surface area contributed by atoms with Gasteiger partial charge in [-0.2, -0.15) is 15.2 Å².